The summed E-state index contributed by atoms with van der Waals surface area (Å²) in [6.07, 6.45) is 0.461. The van der Waals surface area contributed by atoms with E-state index in [2.05, 4.69) is 13.8 Å². The average Bonchev–Trinajstić information content (AvgIpc) is 1.63. The van der Waals surface area contributed by atoms with E-state index in [0.29, 0.717) is 11.8 Å². The Hall–Kier alpha value is -0.0400. The maximum absolute atomic E-state index is 11.0. The van der Waals surface area contributed by atoms with Crippen molar-refractivity contribution in [1.29, 1.82) is 0 Å². The standard InChI is InChI=1S/C8H17O/c1-6(2)5-8(9)7(3)4/h6-8H,5H2,1-4H3. The summed E-state index contributed by atoms with van der Waals surface area (Å²) in [5, 5.41) is 11.0. The normalized spacial score (nSPS) is 15.0. The molecule has 0 amide bonds. The van der Waals surface area contributed by atoms with Crippen LogP contribution in [0, 0.1) is 11.8 Å². The van der Waals surface area contributed by atoms with Crippen LogP contribution in [0.1, 0.15) is 34.1 Å². The van der Waals surface area contributed by atoms with Crippen molar-refractivity contribution in [1.82, 2.24) is 0 Å². The summed E-state index contributed by atoms with van der Waals surface area (Å²) in [6, 6.07) is 0. The molecule has 0 aromatic rings. The highest BCUT2D eigenvalue weighted by Gasteiger charge is 2.11. The van der Waals surface area contributed by atoms with Gasteiger partial charge in [-0.3, -0.25) is 0 Å². The van der Waals surface area contributed by atoms with Gasteiger partial charge in [-0.25, -0.2) is 5.11 Å². The molecule has 1 atom stereocenters. The predicted octanol–water partition coefficient (Wildman–Crippen LogP) is 2.49. The Kier molecular flexibility index (Phi) is 3.87. The molecule has 0 saturated carbocycles. The summed E-state index contributed by atoms with van der Waals surface area (Å²) in [7, 11) is 0. The number of hydrogen-bond acceptors (Lipinski definition) is 0. The van der Waals surface area contributed by atoms with Crippen molar-refractivity contribution in [3.8, 4) is 0 Å². The molecule has 0 aliphatic heterocycles. The molecule has 0 fully saturated rings. The topological polar surface area (TPSA) is 19.9 Å². The van der Waals surface area contributed by atoms with Crippen molar-refractivity contribution in [3.05, 3.63) is 0 Å². The molecule has 0 saturated heterocycles. The van der Waals surface area contributed by atoms with Gasteiger partial charge in [-0.2, -0.15) is 0 Å². The molecule has 1 heteroatoms. The maximum atomic E-state index is 11.0. The smallest absolute Gasteiger partial charge is 0.0955 e. The lowest BCUT2D eigenvalue weighted by molar-refractivity contribution is 0.0329. The summed E-state index contributed by atoms with van der Waals surface area (Å²) in [5.74, 6) is 0.849. The minimum Gasteiger partial charge on any atom is -0.233 e. The van der Waals surface area contributed by atoms with Crippen LogP contribution in [0.3, 0.4) is 0 Å². The van der Waals surface area contributed by atoms with E-state index < -0.39 is 0 Å². The first-order valence-corrected chi connectivity index (χ1v) is 3.69. The quantitative estimate of drug-likeness (QED) is 0.558. The summed E-state index contributed by atoms with van der Waals surface area (Å²) < 4.78 is 0. The Bertz CT molecular complexity index is 67.0. The van der Waals surface area contributed by atoms with Crippen LogP contribution in [0.25, 0.3) is 0 Å². The van der Waals surface area contributed by atoms with Crippen LogP contribution in [-0.4, -0.2) is 6.10 Å². The largest absolute Gasteiger partial charge is 0.233 e. The van der Waals surface area contributed by atoms with Crippen molar-refractivity contribution in [2.45, 2.75) is 40.2 Å². The van der Waals surface area contributed by atoms with Gasteiger partial charge in [0, 0.05) is 0 Å². The SMILES string of the molecule is CC(C)CC([O])C(C)C. The van der Waals surface area contributed by atoms with Crippen molar-refractivity contribution in [2.75, 3.05) is 0 Å². The Labute approximate surface area is 58.1 Å². The van der Waals surface area contributed by atoms with Gasteiger partial charge in [-0.15, -0.1) is 0 Å². The second-order valence-corrected chi connectivity index (χ2v) is 3.41. The number of hydrogen-bond donors (Lipinski definition) is 0. The van der Waals surface area contributed by atoms with Gasteiger partial charge in [0.15, 0.2) is 0 Å². The second kappa shape index (κ2) is 3.89. The van der Waals surface area contributed by atoms with Crippen LogP contribution < -0.4 is 0 Å². The van der Waals surface area contributed by atoms with Gasteiger partial charge in [0.1, 0.15) is 0 Å². The first kappa shape index (κ1) is 8.96. The Morgan fingerprint density at radius 3 is 1.67 bits per heavy atom. The Morgan fingerprint density at radius 2 is 1.56 bits per heavy atom. The van der Waals surface area contributed by atoms with Crippen molar-refractivity contribution >= 4 is 0 Å². The first-order chi connectivity index (χ1) is 4.04. The van der Waals surface area contributed by atoms with Crippen LogP contribution in [0.4, 0.5) is 0 Å². The van der Waals surface area contributed by atoms with Crippen molar-refractivity contribution < 1.29 is 5.11 Å². The second-order valence-electron chi connectivity index (χ2n) is 3.41. The van der Waals surface area contributed by atoms with Crippen LogP contribution in [0.5, 0.6) is 0 Å². The van der Waals surface area contributed by atoms with Gasteiger partial charge < -0.3 is 0 Å². The lowest BCUT2D eigenvalue weighted by atomic mass is 9.98. The van der Waals surface area contributed by atoms with Crippen LogP contribution in [-0.2, 0) is 5.11 Å². The number of rotatable bonds is 3. The van der Waals surface area contributed by atoms with Gasteiger partial charge in [-0.1, -0.05) is 27.7 Å². The van der Waals surface area contributed by atoms with Gasteiger partial charge in [0.05, 0.1) is 6.10 Å². The monoisotopic (exact) mass is 129 g/mol. The van der Waals surface area contributed by atoms with Crippen molar-refractivity contribution in [3.63, 3.8) is 0 Å². The highest BCUT2D eigenvalue weighted by molar-refractivity contribution is 4.60. The van der Waals surface area contributed by atoms with Crippen LogP contribution in [0.15, 0.2) is 0 Å². The fourth-order valence-corrected chi connectivity index (χ4v) is 0.737. The first-order valence-electron chi connectivity index (χ1n) is 3.69. The van der Waals surface area contributed by atoms with Gasteiger partial charge in [-0.05, 0) is 18.3 Å². The van der Waals surface area contributed by atoms with Gasteiger partial charge in [0.25, 0.3) is 0 Å². The average molecular weight is 129 g/mol. The summed E-state index contributed by atoms with van der Waals surface area (Å²) in [6.45, 7) is 8.15. The molecule has 0 aromatic heterocycles. The summed E-state index contributed by atoms with van der Waals surface area (Å²) in [5.41, 5.74) is 0. The molecule has 0 aromatic carbocycles. The van der Waals surface area contributed by atoms with Crippen molar-refractivity contribution in [2.24, 2.45) is 11.8 Å². The predicted molar refractivity (Wildman–Crippen MR) is 38.8 cm³/mol. The molecule has 0 heterocycles. The Morgan fingerprint density at radius 1 is 1.11 bits per heavy atom. The molecule has 0 bridgehead atoms. The lowest BCUT2D eigenvalue weighted by Crippen LogP contribution is -2.15. The molecular formula is C8H17O. The molecule has 1 radical (unpaired) electrons. The maximum Gasteiger partial charge on any atom is 0.0955 e. The van der Waals surface area contributed by atoms with Gasteiger partial charge >= 0.3 is 0 Å². The third kappa shape index (κ3) is 4.46. The van der Waals surface area contributed by atoms with E-state index in [1.54, 1.807) is 0 Å². The van der Waals surface area contributed by atoms with Crippen LogP contribution in [0.2, 0.25) is 0 Å². The van der Waals surface area contributed by atoms with Gasteiger partial charge in [0.2, 0.25) is 0 Å². The fraction of sp³-hybridized carbons (Fsp3) is 1.00. The third-order valence-electron chi connectivity index (χ3n) is 1.45. The molecule has 0 spiro atoms. The molecule has 0 N–H and O–H groups in total. The minimum atomic E-state index is -0.356. The highest BCUT2D eigenvalue weighted by Crippen LogP contribution is 2.11. The molecule has 0 aliphatic rings. The fourth-order valence-electron chi connectivity index (χ4n) is 0.737. The Balaban J connectivity index is 3.38. The van der Waals surface area contributed by atoms with E-state index in [9.17, 15) is 5.11 Å². The molecule has 1 nitrogen and oxygen atoms in total. The zero-order valence-electron chi connectivity index (χ0n) is 6.85. The summed E-state index contributed by atoms with van der Waals surface area (Å²) >= 11 is 0. The minimum absolute atomic E-state index is 0.299. The molecule has 0 rings (SSSR count). The molecule has 55 valence electrons. The molecule has 9 heavy (non-hydrogen) atoms. The highest BCUT2D eigenvalue weighted by atomic mass is 16.3. The molecule has 0 aliphatic carbocycles. The van der Waals surface area contributed by atoms with E-state index in [-0.39, 0.29) is 6.10 Å². The zero-order chi connectivity index (χ0) is 7.44. The lowest BCUT2D eigenvalue weighted by Gasteiger charge is -2.13. The van der Waals surface area contributed by atoms with E-state index >= 15 is 0 Å². The van der Waals surface area contributed by atoms with E-state index in [1.807, 2.05) is 13.8 Å². The summed E-state index contributed by atoms with van der Waals surface area (Å²) in [4.78, 5) is 0. The van der Waals surface area contributed by atoms with E-state index in [0.717, 1.165) is 6.42 Å². The third-order valence-corrected chi connectivity index (χ3v) is 1.45. The van der Waals surface area contributed by atoms with Crippen LogP contribution >= 0.6 is 0 Å². The van der Waals surface area contributed by atoms with E-state index in [4.69, 9.17) is 0 Å². The molecular weight excluding hydrogens is 112 g/mol. The molecule has 1 unspecified atom stereocenters. The van der Waals surface area contributed by atoms with E-state index in [1.165, 1.54) is 0 Å². The zero-order valence-corrected chi connectivity index (χ0v) is 6.85.